The van der Waals surface area contributed by atoms with Crippen LogP contribution in [0.2, 0.25) is 0 Å². The maximum absolute atomic E-state index is 11.6. The van der Waals surface area contributed by atoms with Crippen molar-refractivity contribution in [2.75, 3.05) is 6.61 Å². The van der Waals surface area contributed by atoms with Crippen LogP contribution in [0.15, 0.2) is 18.5 Å². The van der Waals surface area contributed by atoms with Crippen LogP contribution in [0.25, 0.3) is 0 Å². The first-order chi connectivity index (χ1) is 8.28. The number of H-pyrrole nitrogens is 1. The second-order valence-corrected chi connectivity index (χ2v) is 4.61. The largest absolute Gasteiger partial charge is 0.378 e. The molecule has 0 aromatic carbocycles. The summed E-state index contributed by atoms with van der Waals surface area (Å²) in [6.45, 7) is 3.40. The quantitative estimate of drug-likeness (QED) is 0.791. The van der Waals surface area contributed by atoms with Gasteiger partial charge in [-0.1, -0.05) is 0 Å². The molecule has 1 amide bonds. The van der Waals surface area contributed by atoms with E-state index in [1.54, 1.807) is 0 Å². The molecule has 94 valence electrons. The van der Waals surface area contributed by atoms with Gasteiger partial charge in [-0.15, -0.1) is 0 Å². The molecule has 0 radical (unpaired) electrons. The predicted octanol–water partition coefficient (Wildman–Crippen LogP) is 1.84. The molecule has 0 unspecified atom stereocenters. The van der Waals surface area contributed by atoms with Gasteiger partial charge in [0.15, 0.2) is 0 Å². The van der Waals surface area contributed by atoms with Gasteiger partial charge in [-0.05, 0) is 37.3 Å². The third-order valence-corrected chi connectivity index (χ3v) is 3.22. The highest BCUT2D eigenvalue weighted by Crippen LogP contribution is 2.32. The van der Waals surface area contributed by atoms with Crippen molar-refractivity contribution in [1.82, 2.24) is 10.3 Å². The topological polar surface area (TPSA) is 54.1 Å². The highest BCUT2D eigenvalue weighted by atomic mass is 16.5. The van der Waals surface area contributed by atoms with Gasteiger partial charge in [-0.2, -0.15) is 0 Å². The highest BCUT2D eigenvalue weighted by Gasteiger charge is 2.30. The molecule has 2 N–H and O–H groups in total. The summed E-state index contributed by atoms with van der Waals surface area (Å²) in [6, 6.07) is 1.97. The van der Waals surface area contributed by atoms with Gasteiger partial charge in [0.2, 0.25) is 5.91 Å². The Kier molecular flexibility index (Phi) is 4.20. The smallest absolute Gasteiger partial charge is 0.220 e. The number of aromatic amines is 1. The molecule has 1 aromatic rings. The number of amides is 1. The Labute approximate surface area is 102 Å². The Morgan fingerprint density at radius 3 is 3.06 bits per heavy atom. The first kappa shape index (κ1) is 12.2. The van der Waals surface area contributed by atoms with Crippen molar-refractivity contribution in [3.05, 3.63) is 24.0 Å². The van der Waals surface area contributed by atoms with Crippen molar-refractivity contribution < 1.29 is 9.53 Å². The first-order valence-corrected chi connectivity index (χ1v) is 6.28. The summed E-state index contributed by atoms with van der Waals surface area (Å²) < 4.78 is 5.47. The zero-order valence-electron chi connectivity index (χ0n) is 10.2. The number of hydrogen-bond donors (Lipinski definition) is 2. The number of ether oxygens (including phenoxy) is 1. The lowest BCUT2D eigenvalue weighted by Gasteiger charge is -2.34. The zero-order valence-corrected chi connectivity index (χ0v) is 10.2. The summed E-state index contributed by atoms with van der Waals surface area (Å²) in [5, 5.41) is 2.93. The lowest BCUT2D eigenvalue weighted by molar-refractivity contribution is -0.124. The van der Waals surface area contributed by atoms with Crippen LogP contribution >= 0.6 is 0 Å². The molecule has 0 atom stereocenters. The van der Waals surface area contributed by atoms with Gasteiger partial charge >= 0.3 is 0 Å². The van der Waals surface area contributed by atoms with Crippen molar-refractivity contribution in [2.24, 2.45) is 5.92 Å². The van der Waals surface area contributed by atoms with Crippen molar-refractivity contribution in [2.45, 2.75) is 38.8 Å². The van der Waals surface area contributed by atoms with E-state index in [1.165, 1.54) is 0 Å². The van der Waals surface area contributed by atoms with Crippen molar-refractivity contribution in [3.63, 3.8) is 0 Å². The lowest BCUT2D eigenvalue weighted by Crippen LogP contribution is -2.35. The summed E-state index contributed by atoms with van der Waals surface area (Å²) in [4.78, 5) is 14.6. The summed E-state index contributed by atoms with van der Waals surface area (Å²) in [5.41, 5.74) is 1.11. The summed E-state index contributed by atoms with van der Waals surface area (Å²) in [6.07, 6.45) is 6.85. The maximum Gasteiger partial charge on any atom is 0.220 e. The monoisotopic (exact) mass is 236 g/mol. The van der Waals surface area contributed by atoms with Crippen LogP contribution in [0.5, 0.6) is 0 Å². The molecule has 1 aliphatic rings. The van der Waals surface area contributed by atoms with Crippen molar-refractivity contribution in [3.8, 4) is 0 Å². The van der Waals surface area contributed by atoms with Crippen LogP contribution in [0.4, 0.5) is 0 Å². The van der Waals surface area contributed by atoms with E-state index in [4.69, 9.17) is 4.74 Å². The minimum atomic E-state index is 0.145. The molecule has 1 saturated carbocycles. The minimum absolute atomic E-state index is 0.145. The van der Waals surface area contributed by atoms with E-state index in [0.717, 1.165) is 25.0 Å². The first-order valence-electron chi connectivity index (χ1n) is 6.28. The van der Waals surface area contributed by atoms with Crippen LogP contribution in [0, 0.1) is 5.92 Å². The van der Waals surface area contributed by atoms with E-state index in [1.807, 2.05) is 25.4 Å². The molecule has 1 fully saturated rings. The van der Waals surface area contributed by atoms with Crippen molar-refractivity contribution in [1.29, 1.82) is 0 Å². The van der Waals surface area contributed by atoms with Gasteiger partial charge in [0, 0.05) is 32.0 Å². The SMILES string of the molecule is CCOC1CC(CC(=O)NCc2cc[nH]c2)C1. The fourth-order valence-corrected chi connectivity index (χ4v) is 2.22. The highest BCUT2D eigenvalue weighted by molar-refractivity contribution is 5.76. The molecule has 0 saturated heterocycles. The molecule has 2 rings (SSSR count). The van der Waals surface area contributed by atoms with Gasteiger partial charge in [-0.3, -0.25) is 4.79 Å². The number of carbonyl (C=O) groups excluding carboxylic acids is 1. The summed E-state index contributed by atoms with van der Waals surface area (Å²) in [7, 11) is 0. The Hall–Kier alpha value is -1.29. The number of nitrogens with one attached hydrogen (secondary N) is 2. The second kappa shape index (κ2) is 5.87. The Bertz CT molecular complexity index is 342. The van der Waals surface area contributed by atoms with E-state index in [9.17, 15) is 4.79 Å². The molecule has 0 bridgehead atoms. The summed E-state index contributed by atoms with van der Waals surface area (Å²) in [5.74, 6) is 0.656. The van der Waals surface area contributed by atoms with Crippen LogP contribution in [0.3, 0.4) is 0 Å². The molecular weight excluding hydrogens is 216 g/mol. The normalized spacial score (nSPS) is 23.1. The van der Waals surface area contributed by atoms with Crippen molar-refractivity contribution >= 4 is 5.91 Å². The fraction of sp³-hybridized carbons (Fsp3) is 0.615. The Morgan fingerprint density at radius 2 is 2.41 bits per heavy atom. The van der Waals surface area contributed by atoms with E-state index < -0.39 is 0 Å². The number of carbonyl (C=O) groups is 1. The molecule has 4 nitrogen and oxygen atoms in total. The van der Waals surface area contributed by atoms with E-state index in [2.05, 4.69) is 10.3 Å². The van der Waals surface area contributed by atoms with E-state index >= 15 is 0 Å². The second-order valence-electron chi connectivity index (χ2n) is 4.61. The maximum atomic E-state index is 11.6. The molecule has 1 aliphatic carbocycles. The van der Waals surface area contributed by atoms with Gasteiger partial charge < -0.3 is 15.0 Å². The van der Waals surface area contributed by atoms with Crippen LogP contribution < -0.4 is 5.32 Å². The molecular formula is C13H20N2O2. The van der Waals surface area contributed by atoms with Gasteiger partial charge in [-0.25, -0.2) is 0 Å². The van der Waals surface area contributed by atoms with E-state index in [-0.39, 0.29) is 5.91 Å². The molecule has 0 spiro atoms. The molecule has 17 heavy (non-hydrogen) atoms. The Balaban J connectivity index is 1.59. The average molecular weight is 236 g/mol. The van der Waals surface area contributed by atoms with Crippen LogP contribution in [-0.4, -0.2) is 23.6 Å². The molecule has 0 aliphatic heterocycles. The third kappa shape index (κ3) is 3.60. The molecule has 1 heterocycles. The third-order valence-electron chi connectivity index (χ3n) is 3.22. The Morgan fingerprint density at radius 1 is 1.59 bits per heavy atom. The van der Waals surface area contributed by atoms with Gasteiger partial charge in [0.05, 0.1) is 6.10 Å². The van der Waals surface area contributed by atoms with Crippen LogP contribution in [-0.2, 0) is 16.1 Å². The standard InChI is InChI=1S/C13H20N2O2/c1-2-17-12-5-11(6-12)7-13(16)15-9-10-3-4-14-8-10/h3-4,8,11-12,14H,2,5-7,9H2,1H3,(H,15,16). The molecule has 4 heteroatoms. The van der Waals surface area contributed by atoms with Gasteiger partial charge in [0.25, 0.3) is 0 Å². The predicted molar refractivity (Wildman–Crippen MR) is 65.4 cm³/mol. The lowest BCUT2D eigenvalue weighted by atomic mass is 9.80. The van der Waals surface area contributed by atoms with Crippen LogP contribution in [0.1, 0.15) is 31.7 Å². The number of aromatic nitrogens is 1. The molecule has 1 aromatic heterocycles. The summed E-state index contributed by atoms with van der Waals surface area (Å²) >= 11 is 0. The average Bonchev–Trinajstić information content (AvgIpc) is 2.76. The number of hydrogen-bond acceptors (Lipinski definition) is 2. The number of rotatable bonds is 6. The zero-order chi connectivity index (χ0) is 12.1. The fourth-order valence-electron chi connectivity index (χ4n) is 2.22. The van der Waals surface area contributed by atoms with E-state index in [0.29, 0.717) is 25.0 Å². The van der Waals surface area contributed by atoms with Gasteiger partial charge in [0.1, 0.15) is 0 Å². The minimum Gasteiger partial charge on any atom is -0.378 e.